The van der Waals surface area contributed by atoms with E-state index in [1.165, 1.54) is 13.2 Å². The van der Waals surface area contributed by atoms with Crippen molar-refractivity contribution < 1.29 is 30.5 Å². The molecule has 0 heterocycles. The second-order valence-corrected chi connectivity index (χ2v) is 15.5. The number of methoxy groups -OCH3 is 1. The lowest BCUT2D eigenvalue weighted by molar-refractivity contribution is -0.0499. The van der Waals surface area contributed by atoms with Crippen molar-refractivity contribution in [3.05, 3.63) is 66.7 Å². The third-order valence-corrected chi connectivity index (χ3v) is 8.54. The second kappa shape index (κ2) is 8.32. The van der Waals surface area contributed by atoms with Crippen molar-refractivity contribution in [1.82, 2.24) is 0 Å². The summed E-state index contributed by atoms with van der Waals surface area (Å²) >= 11 is 0. The van der Waals surface area contributed by atoms with Crippen molar-refractivity contribution >= 4 is 44.9 Å². The highest BCUT2D eigenvalue weighted by Crippen LogP contribution is 2.40. The first-order valence-electron chi connectivity index (χ1n) is 10.5. The Bertz CT molecular complexity index is 1450. The molecule has 4 aromatic rings. The summed E-state index contributed by atoms with van der Waals surface area (Å²) in [6, 6.07) is 20.5. The molecule has 0 N–H and O–H groups in total. The van der Waals surface area contributed by atoms with Gasteiger partial charge in [0.15, 0.2) is 0 Å². The Labute approximate surface area is 197 Å². The van der Waals surface area contributed by atoms with Gasteiger partial charge < -0.3 is 8.92 Å². The highest BCUT2D eigenvalue weighted by molar-refractivity contribution is 7.88. The molecule has 0 aliphatic carbocycles. The van der Waals surface area contributed by atoms with Gasteiger partial charge in [0.2, 0.25) is 0 Å². The molecule has 0 radical (unpaired) electrons. The Morgan fingerprint density at radius 3 is 1.76 bits per heavy atom. The van der Waals surface area contributed by atoms with Gasteiger partial charge in [-0.3, -0.25) is 0 Å². The van der Waals surface area contributed by atoms with Crippen LogP contribution in [0.15, 0.2) is 66.7 Å². The SMILES string of the molecule is COc1cc(-c2c3ccccc3cc3ccccc23)cc(OS(=O)(=O)C(F)(F)F)c1[Si](C)(C)C. The zero-order valence-electron chi connectivity index (χ0n) is 19.0. The van der Waals surface area contributed by atoms with Crippen molar-refractivity contribution in [2.45, 2.75) is 25.1 Å². The maximum atomic E-state index is 13.2. The summed E-state index contributed by atoms with van der Waals surface area (Å²) in [4.78, 5) is 0. The van der Waals surface area contributed by atoms with E-state index < -0.39 is 23.7 Å². The molecule has 4 rings (SSSR count). The molecule has 9 heteroatoms. The average molecular weight is 505 g/mol. The molecule has 0 aliphatic heterocycles. The van der Waals surface area contributed by atoms with Crippen LogP contribution in [0.4, 0.5) is 13.2 Å². The van der Waals surface area contributed by atoms with E-state index in [0.29, 0.717) is 16.5 Å². The zero-order chi connectivity index (χ0) is 24.9. The van der Waals surface area contributed by atoms with Crippen LogP contribution >= 0.6 is 0 Å². The number of alkyl halides is 3. The molecule has 4 nitrogen and oxygen atoms in total. The summed E-state index contributed by atoms with van der Waals surface area (Å²) < 4.78 is 74.0. The average Bonchev–Trinajstić information content (AvgIpc) is 2.74. The molecule has 0 fully saturated rings. The predicted molar refractivity (Wildman–Crippen MR) is 132 cm³/mol. The summed E-state index contributed by atoms with van der Waals surface area (Å²) in [5, 5.41) is 3.98. The Morgan fingerprint density at radius 1 is 0.794 bits per heavy atom. The van der Waals surface area contributed by atoms with Crippen LogP contribution in [0.2, 0.25) is 19.6 Å². The van der Waals surface area contributed by atoms with E-state index in [9.17, 15) is 21.6 Å². The normalized spacial score (nSPS) is 12.8. The summed E-state index contributed by atoms with van der Waals surface area (Å²) in [7, 11) is -6.88. The third-order valence-electron chi connectivity index (χ3n) is 5.58. The van der Waals surface area contributed by atoms with Gasteiger partial charge in [0, 0.05) is 5.19 Å². The van der Waals surface area contributed by atoms with Gasteiger partial charge in [-0.2, -0.15) is 21.6 Å². The molecule has 0 aliphatic rings. The van der Waals surface area contributed by atoms with Crippen LogP contribution in [0.3, 0.4) is 0 Å². The monoisotopic (exact) mass is 504 g/mol. The smallest absolute Gasteiger partial charge is 0.497 e. The minimum atomic E-state index is -5.88. The third kappa shape index (κ3) is 4.25. The topological polar surface area (TPSA) is 52.6 Å². The van der Waals surface area contributed by atoms with Gasteiger partial charge >= 0.3 is 15.6 Å². The van der Waals surface area contributed by atoms with Crippen molar-refractivity contribution in [2.24, 2.45) is 0 Å². The maximum Gasteiger partial charge on any atom is 0.534 e. The fraction of sp³-hybridized carbons (Fsp3) is 0.200. The number of ether oxygens (including phenoxy) is 1. The van der Waals surface area contributed by atoms with Gasteiger partial charge in [0.25, 0.3) is 0 Å². The van der Waals surface area contributed by atoms with E-state index in [-0.39, 0.29) is 5.75 Å². The number of rotatable bonds is 5. The fourth-order valence-corrected chi connectivity index (χ4v) is 6.50. The molecular weight excluding hydrogens is 481 g/mol. The first-order chi connectivity index (χ1) is 15.8. The highest BCUT2D eigenvalue weighted by Gasteiger charge is 2.49. The lowest BCUT2D eigenvalue weighted by Crippen LogP contribution is -2.41. The Hall–Kier alpha value is -3.04. The Morgan fingerprint density at radius 2 is 1.29 bits per heavy atom. The first-order valence-corrected chi connectivity index (χ1v) is 15.4. The Kier molecular flexibility index (Phi) is 5.89. The van der Waals surface area contributed by atoms with E-state index in [1.54, 1.807) is 6.07 Å². The molecular formula is C25H23F3O4SSi. The van der Waals surface area contributed by atoms with Gasteiger partial charge in [0.1, 0.15) is 11.5 Å². The van der Waals surface area contributed by atoms with Crippen LogP contribution in [0.25, 0.3) is 32.7 Å². The van der Waals surface area contributed by atoms with Crippen LogP contribution in [-0.2, 0) is 10.1 Å². The molecule has 0 bridgehead atoms. The van der Waals surface area contributed by atoms with Gasteiger partial charge in [0.05, 0.1) is 15.2 Å². The minimum Gasteiger partial charge on any atom is -0.497 e. The molecule has 4 aromatic carbocycles. The van der Waals surface area contributed by atoms with Crippen LogP contribution in [0.1, 0.15) is 0 Å². The lowest BCUT2D eigenvalue weighted by atomic mass is 9.92. The maximum absolute atomic E-state index is 13.2. The summed E-state index contributed by atoms with van der Waals surface area (Å²) in [5.74, 6) is -0.0658. The predicted octanol–water partition coefficient (Wildman–Crippen LogP) is 6.44. The molecule has 0 atom stereocenters. The molecule has 0 unspecified atom stereocenters. The molecule has 0 amide bonds. The van der Waals surface area contributed by atoms with Crippen molar-refractivity contribution in [3.8, 4) is 22.6 Å². The van der Waals surface area contributed by atoms with Crippen LogP contribution in [0, 0.1) is 0 Å². The fourth-order valence-electron chi connectivity index (χ4n) is 4.19. The number of fused-ring (bicyclic) bond motifs is 2. The number of benzene rings is 4. The van der Waals surface area contributed by atoms with E-state index in [0.717, 1.165) is 27.1 Å². The van der Waals surface area contributed by atoms with Crippen LogP contribution < -0.4 is 14.1 Å². The number of halogens is 3. The zero-order valence-corrected chi connectivity index (χ0v) is 20.8. The summed E-state index contributed by atoms with van der Waals surface area (Å²) in [5.41, 5.74) is -4.30. The molecule has 0 saturated carbocycles. The van der Waals surface area contributed by atoms with Crippen molar-refractivity contribution in [2.75, 3.05) is 7.11 Å². The van der Waals surface area contributed by atoms with Crippen LogP contribution in [0.5, 0.6) is 11.5 Å². The van der Waals surface area contributed by atoms with Gasteiger partial charge in [-0.1, -0.05) is 68.2 Å². The summed E-state index contributed by atoms with van der Waals surface area (Å²) in [6.45, 7) is 5.64. The second-order valence-electron chi connectivity index (χ2n) is 8.98. The lowest BCUT2D eigenvalue weighted by Gasteiger charge is -2.25. The molecule has 34 heavy (non-hydrogen) atoms. The van der Waals surface area contributed by atoms with E-state index >= 15 is 0 Å². The van der Waals surface area contributed by atoms with Gasteiger partial charge in [-0.15, -0.1) is 0 Å². The quantitative estimate of drug-likeness (QED) is 0.136. The molecule has 178 valence electrons. The highest BCUT2D eigenvalue weighted by atomic mass is 32.2. The van der Waals surface area contributed by atoms with Crippen molar-refractivity contribution in [3.63, 3.8) is 0 Å². The van der Waals surface area contributed by atoms with Gasteiger partial charge in [-0.05, 0) is 50.9 Å². The number of hydrogen-bond acceptors (Lipinski definition) is 4. The molecule has 0 saturated heterocycles. The standard InChI is InChI=1S/C25H23F3O4SSi/c1-31-21-14-18(15-22(24(21)34(2,3)4)32-33(29,30)25(26,27)28)23-19-11-7-5-9-16(19)13-17-10-6-8-12-20(17)23/h5-15H,1-4H3. The summed E-state index contributed by atoms with van der Waals surface area (Å²) in [6.07, 6.45) is 0. The van der Waals surface area contributed by atoms with E-state index in [2.05, 4.69) is 0 Å². The molecule has 0 spiro atoms. The minimum absolute atomic E-state index is 0.293. The Balaban J connectivity index is 2.11. The largest absolute Gasteiger partial charge is 0.534 e. The van der Waals surface area contributed by atoms with E-state index in [1.807, 2.05) is 74.2 Å². The van der Waals surface area contributed by atoms with Gasteiger partial charge in [-0.25, -0.2) is 0 Å². The first kappa shape index (κ1) is 24.1. The van der Waals surface area contributed by atoms with E-state index in [4.69, 9.17) is 8.92 Å². The molecule has 0 aromatic heterocycles. The van der Waals surface area contributed by atoms with Crippen LogP contribution in [-0.4, -0.2) is 29.1 Å². The number of hydrogen-bond donors (Lipinski definition) is 0. The van der Waals surface area contributed by atoms with Crippen molar-refractivity contribution in [1.29, 1.82) is 0 Å².